The molecule has 0 N–H and O–H groups in total. The highest BCUT2D eigenvalue weighted by Gasteiger charge is 2.33. The number of rotatable bonds is 1. The van der Waals surface area contributed by atoms with Crippen LogP contribution in [0.5, 0.6) is 0 Å². The van der Waals surface area contributed by atoms with Gasteiger partial charge in [-0.3, -0.25) is 9.59 Å². The van der Waals surface area contributed by atoms with Crippen LogP contribution in [0.15, 0.2) is 69.4 Å². The first-order valence-electron chi connectivity index (χ1n) is 7.71. The molecule has 0 bridgehead atoms. The summed E-state index contributed by atoms with van der Waals surface area (Å²) in [6.07, 6.45) is 0. The summed E-state index contributed by atoms with van der Waals surface area (Å²) in [5.41, 5.74) is 2.84. The largest absolute Gasteiger partial charge is 0.481 e. The van der Waals surface area contributed by atoms with Gasteiger partial charge in [0.25, 0.3) is 5.91 Å². The minimum atomic E-state index is -0.297. The number of nitrogens with zero attached hydrogens (tertiary/aromatic N) is 2. The minimum Gasteiger partial charge on any atom is -0.481 e. The van der Waals surface area contributed by atoms with Crippen molar-refractivity contribution in [2.45, 2.75) is 6.92 Å². The summed E-state index contributed by atoms with van der Waals surface area (Å²) < 4.78 is 6.57. The van der Waals surface area contributed by atoms with Gasteiger partial charge in [-0.05, 0) is 31.2 Å². The summed E-state index contributed by atoms with van der Waals surface area (Å²) in [5, 5.41) is 5.88. The van der Waals surface area contributed by atoms with Crippen molar-refractivity contribution in [2.24, 2.45) is 5.10 Å². The van der Waals surface area contributed by atoms with E-state index >= 15 is 0 Å². The lowest BCUT2D eigenvalue weighted by Gasteiger charge is -2.20. The van der Waals surface area contributed by atoms with Gasteiger partial charge in [0.2, 0.25) is 0 Å². The van der Waals surface area contributed by atoms with Crippen molar-refractivity contribution in [1.29, 1.82) is 0 Å². The number of amides is 1. The molecule has 0 atom stereocenters. The normalized spacial score (nSPS) is 16.7. The van der Waals surface area contributed by atoms with Gasteiger partial charge in [-0.2, -0.15) is 10.1 Å². The molecule has 0 radical (unpaired) electrons. The highest BCUT2D eigenvalue weighted by molar-refractivity contribution is 9.10. The van der Waals surface area contributed by atoms with Gasteiger partial charge in [0.15, 0.2) is 18.1 Å². The van der Waals surface area contributed by atoms with E-state index in [1.165, 1.54) is 5.01 Å². The van der Waals surface area contributed by atoms with E-state index in [2.05, 4.69) is 21.0 Å². The van der Waals surface area contributed by atoms with Crippen LogP contribution in [0.4, 0.5) is 5.69 Å². The molecule has 0 aromatic heterocycles. The molecule has 0 fully saturated rings. The highest BCUT2D eigenvalue weighted by Crippen LogP contribution is 2.30. The van der Waals surface area contributed by atoms with Gasteiger partial charge in [-0.1, -0.05) is 40.2 Å². The van der Waals surface area contributed by atoms with E-state index in [-0.39, 0.29) is 18.3 Å². The number of ketones is 1. The van der Waals surface area contributed by atoms with E-state index in [4.69, 9.17) is 4.74 Å². The molecule has 0 spiro atoms. The fourth-order valence-electron chi connectivity index (χ4n) is 2.90. The SMILES string of the molecule is CC1=C2OCC(=O)N(c3ccc(Br)cc3)N=C2c2ccccc2C1=O. The van der Waals surface area contributed by atoms with Crippen molar-refractivity contribution < 1.29 is 14.3 Å². The predicted octanol–water partition coefficient (Wildman–Crippen LogP) is 3.69. The molecule has 1 aliphatic heterocycles. The van der Waals surface area contributed by atoms with Crippen LogP contribution in [-0.4, -0.2) is 24.0 Å². The maximum atomic E-state index is 12.6. The third-order valence-corrected chi connectivity index (χ3v) is 4.70. The molecule has 25 heavy (non-hydrogen) atoms. The Hall–Kier alpha value is -2.73. The van der Waals surface area contributed by atoms with Crippen LogP contribution in [0, 0.1) is 0 Å². The van der Waals surface area contributed by atoms with Crippen molar-refractivity contribution in [3.05, 3.63) is 75.5 Å². The lowest BCUT2D eigenvalue weighted by atomic mass is 9.88. The Balaban J connectivity index is 1.92. The molecule has 1 aliphatic carbocycles. The molecule has 2 aromatic rings. The van der Waals surface area contributed by atoms with E-state index < -0.39 is 0 Å². The number of halogens is 1. The second-order valence-electron chi connectivity index (χ2n) is 5.75. The number of ether oxygens (including phenoxy) is 1. The maximum Gasteiger partial charge on any atom is 0.285 e. The predicted molar refractivity (Wildman–Crippen MR) is 97.6 cm³/mol. The lowest BCUT2D eigenvalue weighted by Crippen LogP contribution is -2.28. The lowest BCUT2D eigenvalue weighted by molar-refractivity contribution is -0.121. The third-order valence-electron chi connectivity index (χ3n) is 4.17. The maximum absolute atomic E-state index is 12.6. The zero-order valence-electron chi connectivity index (χ0n) is 13.3. The molecule has 6 heteroatoms. The summed E-state index contributed by atoms with van der Waals surface area (Å²) in [4.78, 5) is 25.1. The number of carbonyl (C=O) groups is 2. The minimum absolute atomic E-state index is 0.103. The molecule has 0 saturated heterocycles. The summed E-state index contributed by atoms with van der Waals surface area (Å²) in [5.74, 6) is -0.0276. The second kappa shape index (κ2) is 5.97. The van der Waals surface area contributed by atoms with Crippen LogP contribution < -0.4 is 5.01 Å². The molecule has 1 amide bonds. The Bertz CT molecular complexity index is 961. The van der Waals surface area contributed by atoms with Crippen LogP contribution >= 0.6 is 15.9 Å². The number of allylic oxidation sites excluding steroid dienone is 2. The first-order chi connectivity index (χ1) is 12.1. The van der Waals surface area contributed by atoms with Crippen molar-refractivity contribution in [1.82, 2.24) is 0 Å². The van der Waals surface area contributed by atoms with Crippen LogP contribution in [0.1, 0.15) is 22.8 Å². The van der Waals surface area contributed by atoms with E-state index in [1.54, 1.807) is 25.1 Å². The summed E-state index contributed by atoms with van der Waals surface area (Å²) in [7, 11) is 0. The Morgan fingerprint density at radius 2 is 1.72 bits per heavy atom. The quantitative estimate of drug-likeness (QED) is 0.738. The molecule has 0 unspecified atom stereocenters. The van der Waals surface area contributed by atoms with Crippen LogP contribution in [-0.2, 0) is 9.53 Å². The van der Waals surface area contributed by atoms with E-state index in [0.29, 0.717) is 33.9 Å². The van der Waals surface area contributed by atoms with Gasteiger partial charge >= 0.3 is 0 Å². The fourth-order valence-corrected chi connectivity index (χ4v) is 3.17. The van der Waals surface area contributed by atoms with Gasteiger partial charge in [-0.25, -0.2) is 0 Å². The van der Waals surface area contributed by atoms with Crippen molar-refractivity contribution in [3.8, 4) is 0 Å². The smallest absolute Gasteiger partial charge is 0.285 e. The van der Waals surface area contributed by atoms with Gasteiger partial charge in [0, 0.05) is 21.2 Å². The third kappa shape index (κ3) is 2.59. The second-order valence-corrected chi connectivity index (χ2v) is 6.66. The van der Waals surface area contributed by atoms with E-state index in [9.17, 15) is 9.59 Å². The summed E-state index contributed by atoms with van der Waals surface area (Å²) in [6, 6.07) is 14.5. The standard InChI is InChI=1S/C19H13BrN2O3/c1-11-18(24)15-5-3-2-4-14(15)17-19(11)25-10-16(23)22(21-17)13-8-6-12(20)7-9-13/h2-9H,10H2,1H3. The monoisotopic (exact) mass is 396 g/mol. The number of carbonyl (C=O) groups excluding carboxylic acids is 2. The number of benzene rings is 2. The molecule has 0 saturated carbocycles. The first kappa shape index (κ1) is 15.8. The Morgan fingerprint density at radius 3 is 2.44 bits per heavy atom. The molecular formula is C19H13BrN2O3. The zero-order valence-corrected chi connectivity index (χ0v) is 14.9. The van der Waals surface area contributed by atoms with Crippen LogP contribution in [0.3, 0.4) is 0 Å². The van der Waals surface area contributed by atoms with Crippen LogP contribution in [0.2, 0.25) is 0 Å². The number of Topliss-reactive ketones (excluding diaryl/α,β-unsaturated/α-hetero) is 1. The van der Waals surface area contributed by atoms with E-state index in [0.717, 1.165) is 4.47 Å². The van der Waals surface area contributed by atoms with Gasteiger partial charge in [0.1, 0.15) is 5.71 Å². The Labute approximate surface area is 152 Å². The number of fused-ring (bicyclic) bond motifs is 3. The number of hydrogen-bond donors (Lipinski definition) is 0. The van der Waals surface area contributed by atoms with Gasteiger partial charge in [-0.15, -0.1) is 0 Å². The average Bonchev–Trinajstić information content (AvgIpc) is 2.80. The first-order valence-corrected chi connectivity index (χ1v) is 8.51. The molecular weight excluding hydrogens is 384 g/mol. The average molecular weight is 397 g/mol. The van der Waals surface area contributed by atoms with E-state index in [1.807, 2.05) is 30.3 Å². The molecule has 2 aromatic carbocycles. The topological polar surface area (TPSA) is 59.0 Å². The Morgan fingerprint density at radius 1 is 1.04 bits per heavy atom. The molecule has 5 nitrogen and oxygen atoms in total. The molecule has 124 valence electrons. The van der Waals surface area contributed by atoms with Gasteiger partial charge < -0.3 is 4.74 Å². The van der Waals surface area contributed by atoms with Gasteiger partial charge in [0.05, 0.1) is 5.69 Å². The van der Waals surface area contributed by atoms with Crippen molar-refractivity contribution >= 4 is 39.0 Å². The van der Waals surface area contributed by atoms with Crippen molar-refractivity contribution in [2.75, 3.05) is 11.6 Å². The molecule has 1 heterocycles. The zero-order chi connectivity index (χ0) is 17.6. The Kier molecular flexibility index (Phi) is 3.77. The van der Waals surface area contributed by atoms with Crippen molar-refractivity contribution in [3.63, 3.8) is 0 Å². The molecule has 2 aliphatic rings. The number of hydrazone groups is 1. The number of anilines is 1. The summed E-state index contributed by atoms with van der Waals surface area (Å²) in [6.45, 7) is 1.52. The molecule has 4 rings (SSSR count). The number of hydrogen-bond acceptors (Lipinski definition) is 4. The fraction of sp³-hybridized carbons (Fsp3) is 0.105. The highest BCUT2D eigenvalue weighted by atomic mass is 79.9. The van der Waals surface area contributed by atoms with Crippen LogP contribution in [0.25, 0.3) is 0 Å². The summed E-state index contributed by atoms with van der Waals surface area (Å²) >= 11 is 3.38.